The monoisotopic (exact) mass is 313 g/mol. The van der Waals surface area contributed by atoms with E-state index in [9.17, 15) is 9.50 Å². The molecule has 0 aliphatic rings. The fraction of sp³-hybridized carbons (Fsp3) is 0.263. The van der Waals surface area contributed by atoms with Crippen molar-refractivity contribution in [2.24, 2.45) is 0 Å². The summed E-state index contributed by atoms with van der Waals surface area (Å²) in [4.78, 5) is 0. The van der Waals surface area contributed by atoms with Gasteiger partial charge in [0.25, 0.3) is 0 Å². The number of benzene rings is 2. The molecule has 2 aromatic rings. The Bertz CT molecular complexity index is 647. The molecule has 0 saturated carbocycles. The van der Waals surface area contributed by atoms with Crippen molar-refractivity contribution in [2.45, 2.75) is 25.6 Å². The lowest BCUT2D eigenvalue weighted by atomic mass is 10.0. The first kappa shape index (κ1) is 17.0. The summed E-state index contributed by atoms with van der Waals surface area (Å²) in [6, 6.07) is 13.3. The van der Waals surface area contributed by atoms with E-state index < -0.39 is 6.10 Å². The van der Waals surface area contributed by atoms with Crippen molar-refractivity contribution in [1.29, 1.82) is 0 Å². The molecule has 23 heavy (non-hydrogen) atoms. The van der Waals surface area contributed by atoms with Gasteiger partial charge in [-0.2, -0.15) is 0 Å². The molecule has 0 aliphatic carbocycles. The summed E-state index contributed by atoms with van der Waals surface area (Å²) in [5.41, 5.74) is 1.75. The quantitative estimate of drug-likeness (QED) is 0.772. The molecule has 2 N–H and O–H groups in total. The lowest BCUT2D eigenvalue weighted by Gasteiger charge is -2.21. The van der Waals surface area contributed by atoms with Crippen LogP contribution >= 0.6 is 0 Å². The Labute approximate surface area is 136 Å². The lowest BCUT2D eigenvalue weighted by Crippen LogP contribution is -2.31. The molecule has 2 rings (SSSR count). The number of hydrogen-bond acceptors (Lipinski definition) is 3. The van der Waals surface area contributed by atoms with Gasteiger partial charge in [-0.15, -0.1) is 6.42 Å². The average Bonchev–Trinajstić information content (AvgIpc) is 2.58. The van der Waals surface area contributed by atoms with Crippen LogP contribution in [-0.4, -0.2) is 17.8 Å². The van der Waals surface area contributed by atoms with Gasteiger partial charge in [-0.1, -0.05) is 30.2 Å². The summed E-state index contributed by atoms with van der Waals surface area (Å²) < 4.78 is 18.2. The van der Waals surface area contributed by atoms with Crippen LogP contribution in [0.15, 0.2) is 48.5 Å². The summed E-state index contributed by atoms with van der Waals surface area (Å²) in [6.45, 7) is 2.74. The summed E-state index contributed by atoms with van der Waals surface area (Å²) >= 11 is 0. The highest BCUT2D eigenvalue weighted by atomic mass is 19.1. The van der Waals surface area contributed by atoms with Crippen molar-refractivity contribution in [3.63, 3.8) is 0 Å². The lowest BCUT2D eigenvalue weighted by molar-refractivity contribution is 0.135. The van der Waals surface area contributed by atoms with E-state index in [-0.39, 0.29) is 18.5 Å². The number of ether oxygens (including phenoxy) is 1. The van der Waals surface area contributed by atoms with Gasteiger partial charge in [0.2, 0.25) is 0 Å². The molecule has 0 heterocycles. The van der Waals surface area contributed by atoms with Crippen LogP contribution in [0.3, 0.4) is 0 Å². The molecule has 0 spiro atoms. The van der Waals surface area contributed by atoms with Crippen molar-refractivity contribution in [3.05, 3.63) is 65.5 Å². The number of halogens is 1. The van der Waals surface area contributed by atoms with Crippen LogP contribution < -0.4 is 10.1 Å². The minimum Gasteiger partial charge on any atom is -0.481 e. The van der Waals surface area contributed by atoms with Gasteiger partial charge in [0.05, 0.1) is 6.10 Å². The third-order valence-corrected chi connectivity index (χ3v) is 3.56. The molecule has 0 radical (unpaired) electrons. The molecule has 0 aromatic heterocycles. The maximum absolute atomic E-state index is 12.9. The maximum Gasteiger partial charge on any atom is 0.148 e. The highest BCUT2D eigenvalue weighted by molar-refractivity contribution is 5.27. The minimum absolute atomic E-state index is 0.169. The van der Waals surface area contributed by atoms with Gasteiger partial charge in [0, 0.05) is 12.6 Å². The average molecular weight is 313 g/mol. The minimum atomic E-state index is -0.700. The Balaban J connectivity index is 1.87. The van der Waals surface area contributed by atoms with Crippen molar-refractivity contribution in [3.8, 4) is 18.1 Å². The smallest absolute Gasteiger partial charge is 0.148 e. The maximum atomic E-state index is 12.9. The van der Waals surface area contributed by atoms with Crippen molar-refractivity contribution >= 4 is 0 Å². The van der Waals surface area contributed by atoms with Crippen molar-refractivity contribution in [2.75, 3.05) is 6.61 Å². The standard InChI is InChI=1S/C19H20FNO2/c1-3-12-23-18-10-4-15(5-11-18)13-21-14(2)19(22)16-6-8-17(20)9-7-16/h1,4-11,14,19,21-22H,12-13H2,2H3. The number of aliphatic hydroxyl groups is 1. The van der Waals surface area contributed by atoms with Crippen molar-refractivity contribution in [1.82, 2.24) is 5.32 Å². The van der Waals surface area contributed by atoms with Crippen LogP contribution in [0, 0.1) is 18.2 Å². The van der Waals surface area contributed by atoms with E-state index in [1.165, 1.54) is 12.1 Å². The van der Waals surface area contributed by atoms with E-state index in [0.29, 0.717) is 12.1 Å². The van der Waals surface area contributed by atoms with Gasteiger partial charge < -0.3 is 15.2 Å². The normalized spacial score (nSPS) is 13.1. The Morgan fingerprint density at radius 3 is 2.43 bits per heavy atom. The third-order valence-electron chi connectivity index (χ3n) is 3.56. The second-order valence-corrected chi connectivity index (χ2v) is 5.30. The van der Waals surface area contributed by atoms with Gasteiger partial charge in [-0.05, 0) is 42.3 Å². The molecule has 2 unspecified atom stereocenters. The van der Waals surface area contributed by atoms with E-state index in [1.807, 2.05) is 31.2 Å². The van der Waals surface area contributed by atoms with E-state index in [4.69, 9.17) is 11.2 Å². The molecule has 0 fully saturated rings. The first-order valence-corrected chi connectivity index (χ1v) is 7.42. The van der Waals surface area contributed by atoms with E-state index in [2.05, 4.69) is 11.2 Å². The Hall–Kier alpha value is -2.35. The molecule has 2 aromatic carbocycles. The summed E-state index contributed by atoms with van der Waals surface area (Å²) in [5.74, 6) is 2.83. The van der Waals surface area contributed by atoms with E-state index in [1.54, 1.807) is 12.1 Å². The van der Waals surface area contributed by atoms with Gasteiger partial charge >= 0.3 is 0 Å². The van der Waals surface area contributed by atoms with Crippen LogP contribution in [0.5, 0.6) is 5.75 Å². The summed E-state index contributed by atoms with van der Waals surface area (Å²) in [5, 5.41) is 13.5. The number of terminal acetylenes is 1. The highest BCUT2D eigenvalue weighted by Crippen LogP contribution is 2.18. The van der Waals surface area contributed by atoms with Crippen LogP contribution in [0.1, 0.15) is 24.2 Å². The summed E-state index contributed by atoms with van der Waals surface area (Å²) in [6.07, 6.45) is 4.44. The van der Waals surface area contributed by atoms with Gasteiger partial charge in [-0.25, -0.2) is 4.39 Å². The zero-order valence-electron chi connectivity index (χ0n) is 13.0. The van der Waals surface area contributed by atoms with Crippen LogP contribution in [0.4, 0.5) is 4.39 Å². The third kappa shape index (κ3) is 5.10. The topological polar surface area (TPSA) is 41.5 Å². The SMILES string of the molecule is C#CCOc1ccc(CNC(C)C(O)c2ccc(F)cc2)cc1. The Morgan fingerprint density at radius 2 is 1.83 bits per heavy atom. The number of hydrogen-bond donors (Lipinski definition) is 2. The summed E-state index contributed by atoms with van der Waals surface area (Å²) in [7, 11) is 0. The van der Waals surface area contributed by atoms with Crippen molar-refractivity contribution < 1.29 is 14.2 Å². The molecule has 3 nitrogen and oxygen atoms in total. The van der Waals surface area contributed by atoms with E-state index >= 15 is 0 Å². The Kier molecular flexibility index (Phi) is 6.16. The van der Waals surface area contributed by atoms with Gasteiger partial charge in [0.1, 0.15) is 18.2 Å². The molecule has 120 valence electrons. The predicted molar refractivity (Wildman–Crippen MR) is 88.4 cm³/mol. The van der Waals surface area contributed by atoms with Crippen LogP contribution in [0.2, 0.25) is 0 Å². The largest absolute Gasteiger partial charge is 0.481 e. The zero-order chi connectivity index (χ0) is 16.7. The molecule has 0 saturated heterocycles. The van der Waals surface area contributed by atoms with Gasteiger partial charge in [0.15, 0.2) is 0 Å². The molecular formula is C19H20FNO2. The highest BCUT2D eigenvalue weighted by Gasteiger charge is 2.15. The Morgan fingerprint density at radius 1 is 1.17 bits per heavy atom. The molecule has 0 bridgehead atoms. The number of rotatable bonds is 7. The molecular weight excluding hydrogens is 293 g/mol. The number of nitrogens with one attached hydrogen (secondary N) is 1. The first-order chi connectivity index (χ1) is 11.1. The number of aliphatic hydroxyl groups excluding tert-OH is 1. The fourth-order valence-corrected chi connectivity index (χ4v) is 2.17. The van der Waals surface area contributed by atoms with Crippen LogP contribution in [0.25, 0.3) is 0 Å². The molecule has 0 aliphatic heterocycles. The molecule has 0 amide bonds. The molecule has 4 heteroatoms. The first-order valence-electron chi connectivity index (χ1n) is 7.42. The second kappa shape index (κ2) is 8.33. The van der Waals surface area contributed by atoms with E-state index in [0.717, 1.165) is 11.3 Å². The van der Waals surface area contributed by atoms with Gasteiger partial charge in [-0.3, -0.25) is 0 Å². The zero-order valence-corrected chi connectivity index (χ0v) is 13.0. The van der Waals surface area contributed by atoms with Crippen LogP contribution in [-0.2, 0) is 6.54 Å². The second-order valence-electron chi connectivity index (χ2n) is 5.30. The fourth-order valence-electron chi connectivity index (χ4n) is 2.17. The molecule has 2 atom stereocenters. The predicted octanol–water partition coefficient (Wildman–Crippen LogP) is 3.05.